The van der Waals surface area contributed by atoms with E-state index >= 15 is 0 Å². The Bertz CT molecular complexity index is 459. The van der Waals surface area contributed by atoms with E-state index in [9.17, 15) is 10.1 Å². The average Bonchev–Trinajstić information content (AvgIpc) is 2.38. The van der Waals surface area contributed by atoms with Crippen LogP contribution in [0.4, 0.5) is 11.4 Å². The second-order valence-corrected chi connectivity index (χ2v) is 5.51. The Kier molecular flexibility index (Phi) is 4.40. The Hall–Kier alpha value is -1.58. The Labute approximate surface area is 114 Å². The second-order valence-electron chi connectivity index (χ2n) is 5.51. The molecular weight excluding hydrogens is 240 g/mol. The van der Waals surface area contributed by atoms with E-state index in [0.29, 0.717) is 11.7 Å². The van der Waals surface area contributed by atoms with Gasteiger partial charge in [0, 0.05) is 11.6 Å². The first kappa shape index (κ1) is 13.8. The van der Waals surface area contributed by atoms with E-state index in [1.807, 2.05) is 12.1 Å². The van der Waals surface area contributed by atoms with E-state index < -0.39 is 0 Å². The minimum atomic E-state index is -0.280. The summed E-state index contributed by atoms with van der Waals surface area (Å²) in [5.74, 6) is 0.759. The van der Waals surface area contributed by atoms with Gasteiger partial charge in [-0.3, -0.25) is 10.1 Å². The van der Waals surface area contributed by atoms with Crippen LogP contribution >= 0.6 is 0 Å². The third-order valence-corrected chi connectivity index (χ3v) is 4.14. The van der Waals surface area contributed by atoms with Gasteiger partial charge in [-0.25, -0.2) is 0 Å². The second kappa shape index (κ2) is 6.04. The number of nitrogens with zero attached hydrogens (tertiary/aromatic N) is 1. The maximum absolute atomic E-state index is 11.2. The first-order chi connectivity index (χ1) is 9.11. The number of benzene rings is 1. The molecule has 0 aliphatic heterocycles. The maximum atomic E-state index is 11.2. The van der Waals surface area contributed by atoms with Crippen LogP contribution in [0.3, 0.4) is 0 Å². The third kappa shape index (κ3) is 3.25. The molecule has 0 aromatic heterocycles. The molecular formula is C15H22N2O2. The summed E-state index contributed by atoms with van der Waals surface area (Å²) in [5.41, 5.74) is 1.62. The molecule has 1 aliphatic rings. The van der Waals surface area contributed by atoms with Crippen LogP contribution in [0.15, 0.2) is 18.2 Å². The van der Waals surface area contributed by atoms with Gasteiger partial charge < -0.3 is 5.32 Å². The van der Waals surface area contributed by atoms with Crippen molar-refractivity contribution in [1.82, 2.24) is 0 Å². The van der Waals surface area contributed by atoms with E-state index in [2.05, 4.69) is 12.2 Å². The van der Waals surface area contributed by atoms with Crippen LogP contribution in [0, 0.1) is 23.0 Å². The minimum absolute atomic E-state index is 0.223. The summed E-state index contributed by atoms with van der Waals surface area (Å²) in [7, 11) is 0. The molecule has 1 aromatic carbocycles. The van der Waals surface area contributed by atoms with Crippen LogP contribution in [0.1, 0.15) is 44.6 Å². The van der Waals surface area contributed by atoms with E-state index in [-0.39, 0.29) is 10.6 Å². The van der Waals surface area contributed by atoms with Crippen molar-refractivity contribution >= 4 is 11.4 Å². The molecule has 4 heteroatoms. The number of anilines is 1. The molecule has 4 nitrogen and oxygen atoms in total. The molecule has 0 amide bonds. The van der Waals surface area contributed by atoms with Crippen molar-refractivity contribution in [2.24, 2.45) is 5.92 Å². The molecule has 1 aliphatic carbocycles. The highest BCUT2D eigenvalue weighted by Gasteiger charge is 2.24. The smallest absolute Gasteiger partial charge is 0.295 e. The van der Waals surface area contributed by atoms with E-state index in [4.69, 9.17) is 0 Å². The molecule has 1 aromatic rings. The van der Waals surface area contributed by atoms with Gasteiger partial charge in [-0.15, -0.1) is 0 Å². The Morgan fingerprint density at radius 3 is 2.89 bits per heavy atom. The van der Waals surface area contributed by atoms with Crippen molar-refractivity contribution < 1.29 is 4.92 Å². The monoisotopic (exact) mass is 262 g/mol. The molecule has 0 heterocycles. The summed E-state index contributed by atoms with van der Waals surface area (Å²) in [4.78, 5) is 10.9. The van der Waals surface area contributed by atoms with E-state index in [1.54, 1.807) is 13.0 Å². The molecule has 0 saturated heterocycles. The first-order valence-corrected chi connectivity index (χ1v) is 7.12. The van der Waals surface area contributed by atoms with Gasteiger partial charge in [-0.05, 0) is 31.7 Å². The van der Waals surface area contributed by atoms with Crippen molar-refractivity contribution in [2.45, 2.75) is 52.0 Å². The van der Waals surface area contributed by atoms with Crippen LogP contribution in [-0.4, -0.2) is 11.0 Å². The quantitative estimate of drug-likeness (QED) is 0.650. The molecule has 1 N–H and O–H groups in total. The lowest BCUT2D eigenvalue weighted by Crippen LogP contribution is -2.27. The van der Waals surface area contributed by atoms with E-state index in [0.717, 1.165) is 24.3 Å². The number of nitro benzene ring substituents is 1. The summed E-state index contributed by atoms with van der Waals surface area (Å²) in [5, 5.41) is 14.6. The predicted molar refractivity (Wildman–Crippen MR) is 77.5 cm³/mol. The molecule has 0 bridgehead atoms. The summed E-state index contributed by atoms with van der Waals surface area (Å²) in [6.07, 6.45) is 5.96. The zero-order valence-electron chi connectivity index (χ0n) is 11.7. The van der Waals surface area contributed by atoms with Crippen molar-refractivity contribution in [1.29, 1.82) is 0 Å². The highest BCUT2D eigenvalue weighted by atomic mass is 16.6. The topological polar surface area (TPSA) is 55.2 Å². The molecule has 1 saturated carbocycles. The van der Waals surface area contributed by atoms with Crippen LogP contribution < -0.4 is 5.32 Å². The lowest BCUT2D eigenvalue weighted by atomic mass is 9.84. The molecule has 1 fully saturated rings. The Morgan fingerprint density at radius 1 is 1.42 bits per heavy atom. The molecule has 0 radical (unpaired) electrons. The Balaban J connectivity index is 2.14. The van der Waals surface area contributed by atoms with Gasteiger partial charge in [0.25, 0.3) is 5.69 Å². The Morgan fingerprint density at radius 2 is 2.21 bits per heavy atom. The van der Waals surface area contributed by atoms with Crippen molar-refractivity contribution in [3.05, 3.63) is 33.9 Å². The zero-order chi connectivity index (χ0) is 13.8. The predicted octanol–water partition coefficient (Wildman–Crippen LogP) is 4.28. The van der Waals surface area contributed by atoms with Gasteiger partial charge in [0.2, 0.25) is 0 Å². The highest BCUT2D eigenvalue weighted by Crippen LogP contribution is 2.33. The standard InChI is InChI=1S/C15H22N2O2/c1-3-12-7-5-8-13(10-12)16-14-9-4-6-11(2)15(14)17(18)19/h4,6,9,12-13,16H,3,5,7-8,10H2,1-2H3. The SMILES string of the molecule is CCC1CCCC(Nc2cccc(C)c2[N+](=O)[O-])C1. The zero-order valence-corrected chi connectivity index (χ0v) is 11.7. The number of nitrogens with one attached hydrogen (secondary N) is 1. The van der Waals surface area contributed by atoms with Crippen molar-refractivity contribution in [2.75, 3.05) is 5.32 Å². The fourth-order valence-electron chi connectivity index (χ4n) is 3.03. The summed E-state index contributed by atoms with van der Waals surface area (Å²) in [6, 6.07) is 5.86. The van der Waals surface area contributed by atoms with Gasteiger partial charge >= 0.3 is 0 Å². The molecule has 2 atom stereocenters. The summed E-state index contributed by atoms with van der Waals surface area (Å²) < 4.78 is 0. The average molecular weight is 262 g/mol. The number of hydrogen-bond acceptors (Lipinski definition) is 3. The van der Waals surface area contributed by atoms with Crippen molar-refractivity contribution in [3.8, 4) is 0 Å². The first-order valence-electron chi connectivity index (χ1n) is 7.12. The molecule has 104 valence electrons. The molecule has 2 rings (SSSR count). The highest BCUT2D eigenvalue weighted by molar-refractivity contribution is 5.65. The fourth-order valence-corrected chi connectivity index (χ4v) is 3.03. The minimum Gasteiger partial charge on any atom is -0.377 e. The lowest BCUT2D eigenvalue weighted by molar-refractivity contribution is -0.384. The van der Waals surface area contributed by atoms with Crippen LogP contribution in [0.5, 0.6) is 0 Å². The van der Waals surface area contributed by atoms with Crippen LogP contribution in [-0.2, 0) is 0 Å². The van der Waals surface area contributed by atoms with Gasteiger partial charge in [0.1, 0.15) is 5.69 Å². The summed E-state index contributed by atoms with van der Waals surface area (Å²) >= 11 is 0. The van der Waals surface area contributed by atoms with Gasteiger partial charge in [0.05, 0.1) is 4.92 Å². The summed E-state index contributed by atoms with van der Waals surface area (Å²) in [6.45, 7) is 4.02. The number of aryl methyl sites for hydroxylation is 1. The van der Waals surface area contributed by atoms with Gasteiger partial charge in [0.15, 0.2) is 0 Å². The number of hydrogen-bond donors (Lipinski definition) is 1. The number of rotatable bonds is 4. The lowest BCUT2D eigenvalue weighted by Gasteiger charge is -2.29. The van der Waals surface area contributed by atoms with Gasteiger partial charge in [-0.2, -0.15) is 0 Å². The van der Waals surface area contributed by atoms with Crippen LogP contribution in [0.2, 0.25) is 0 Å². The largest absolute Gasteiger partial charge is 0.377 e. The molecule has 2 unspecified atom stereocenters. The molecule has 19 heavy (non-hydrogen) atoms. The number of nitro groups is 1. The molecule has 0 spiro atoms. The third-order valence-electron chi connectivity index (χ3n) is 4.14. The normalized spacial score (nSPS) is 23.1. The van der Waals surface area contributed by atoms with Crippen LogP contribution in [0.25, 0.3) is 0 Å². The van der Waals surface area contributed by atoms with E-state index in [1.165, 1.54) is 19.3 Å². The fraction of sp³-hybridized carbons (Fsp3) is 0.600. The number of para-hydroxylation sites is 1. The van der Waals surface area contributed by atoms with Gasteiger partial charge in [-0.1, -0.05) is 38.3 Å². The maximum Gasteiger partial charge on any atom is 0.295 e. The van der Waals surface area contributed by atoms with Crippen molar-refractivity contribution in [3.63, 3.8) is 0 Å².